The van der Waals surface area contributed by atoms with Crippen LogP contribution in [0.25, 0.3) is 0 Å². The van der Waals surface area contributed by atoms with E-state index in [0.29, 0.717) is 15.6 Å². The molecule has 0 amide bonds. The lowest BCUT2D eigenvalue weighted by Crippen LogP contribution is -2.00. The third-order valence-corrected chi connectivity index (χ3v) is 4.63. The molecule has 0 aliphatic heterocycles. The van der Waals surface area contributed by atoms with E-state index >= 15 is 0 Å². The van der Waals surface area contributed by atoms with Gasteiger partial charge in [-0.05, 0) is 36.2 Å². The third kappa shape index (κ3) is 2.93. The first kappa shape index (κ1) is 14.8. The van der Waals surface area contributed by atoms with Crippen molar-refractivity contribution < 1.29 is 8.78 Å². The van der Waals surface area contributed by atoms with E-state index in [1.165, 1.54) is 13.0 Å². The van der Waals surface area contributed by atoms with Gasteiger partial charge in [0.2, 0.25) is 0 Å². The minimum Gasteiger partial charge on any atom is -0.207 e. The van der Waals surface area contributed by atoms with Crippen LogP contribution in [0.15, 0.2) is 30.3 Å². The quantitative estimate of drug-likeness (QED) is 0.567. The van der Waals surface area contributed by atoms with Gasteiger partial charge in [0, 0.05) is 5.56 Å². The molecule has 0 N–H and O–H groups in total. The lowest BCUT2D eigenvalue weighted by Gasteiger charge is -2.15. The van der Waals surface area contributed by atoms with Crippen molar-refractivity contribution in [2.24, 2.45) is 0 Å². The summed E-state index contributed by atoms with van der Waals surface area (Å²) < 4.78 is 27.5. The molecule has 0 radical (unpaired) electrons. The van der Waals surface area contributed by atoms with Crippen molar-refractivity contribution in [3.05, 3.63) is 68.7 Å². The molecular weight excluding hydrogens is 357 g/mol. The van der Waals surface area contributed by atoms with Crippen molar-refractivity contribution in [3.63, 3.8) is 0 Å². The highest BCUT2D eigenvalue weighted by molar-refractivity contribution is 9.09. The molecule has 0 saturated carbocycles. The highest BCUT2D eigenvalue weighted by Gasteiger charge is 2.20. The molecule has 0 saturated heterocycles. The molecule has 0 aromatic heterocycles. The van der Waals surface area contributed by atoms with Gasteiger partial charge in [0.25, 0.3) is 0 Å². The van der Waals surface area contributed by atoms with Crippen molar-refractivity contribution in [2.45, 2.75) is 11.8 Å². The lowest BCUT2D eigenvalue weighted by atomic mass is 10.0. The molecule has 0 aliphatic carbocycles. The Balaban J connectivity index is 2.53. The molecule has 2 rings (SSSR count). The Labute approximate surface area is 128 Å². The molecule has 1 atom stereocenters. The zero-order chi connectivity index (χ0) is 14.2. The molecule has 2 aromatic carbocycles. The summed E-state index contributed by atoms with van der Waals surface area (Å²) in [6.45, 7) is 1.51. The largest absolute Gasteiger partial charge is 0.207 e. The minimum absolute atomic E-state index is 0.187. The van der Waals surface area contributed by atoms with Crippen LogP contribution in [0.4, 0.5) is 8.78 Å². The molecule has 0 fully saturated rings. The van der Waals surface area contributed by atoms with Crippen LogP contribution in [0.5, 0.6) is 0 Å². The SMILES string of the molecule is Cc1cc(F)c(C(Br)c2cccc(Cl)c2Cl)cc1F. The fourth-order valence-corrected chi connectivity index (χ4v) is 3.02. The van der Waals surface area contributed by atoms with Crippen LogP contribution in [0.2, 0.25) is 10.0 Å². The number of benzene rings is 2. The number of hydrogen-bond donors (Lipinski definition) is 0. The van der Waals surface area contributed by atoms with Gasteiger partial charge in [-0.3, -0.25) is 0 Å². The fourth-order valence-electron chi connectivity index (χ4n) is 1.74. The van der Waals surface area contributed by atoms with Crippen molar-refractivity contribution >= 4 is 39.1 Å². The van der Waals surface area contributed by atoms with Crippen LogP contribution < -0.4 is 0 Å². The van der Waals surface area contributed by atoms with E-state index in [-0.39, 0.29) is 11.1 Å². The molecule has 0 nitrogen and oxygen atoms in total. The highest BCUT2D eigenvalue weighted by atomic mass is 79.9. The molecule has 19 heavy (non-hydrogen) atoms. The second kappa shape index (κ2) is 5.78. The molecule has 5 heteroatoms. The summed E-state index contributed by atoms with van der Waals surface area (Å²) in [6.07, 6.45) is 0. The summed E-state index contributed by atoms with van der Waals surface area (Å²) in [5.74, 6) is -0.948. The zero-order valence-electron chi connectivity index (χ0n) is 9.85. The Kier molecular flexibility index (Phi) is 4.49. The van der Waals surface area contributed by atoms with Crippen LogP contribution in [-0.2, 0) is 0 Å². The topological polar surface area (TPSA) is 0 Å². The normalized spacial score (nSPS) is 12.5. The van der Waals surface area contributed by atoms with E-state index in [4.69, 9.17) is 23.2 Å². The Morgan fingerprint density at radius 1 is 1.05 bits per heavy atom. The van der Waals surface area contributed by atoms with Gasteiger partial charge in [-0.15, -0.1) is 0 Å². The van der Waals surface area contributed by atoms with Gasteiger partial charge in [-0.1, -0.05) is 51.3 Å². The van der Waals surface area contributed by atoms with Crippen LogP contribution in [-0.4, -0.2) is 0 Å². The third-order valence-electron chi connectivity index (χ3n) is 2.81. The van der Waals surface area contributed by atoms with Crippen molar-refractivity contribution in [1.29, 1.82) is 0 Å². The van der Waals surface area contributed by atoms with E-state index in [1.807, 2.05) is 0 Å². The maximum absolute atomic E-state index is 13.9. The number of aryl methyl sites for hydroxylation is 1. The Hall–Kier alpha value is -0.640. The molecule has 0 bridgehead atoms. The molecule has 0 heterocycles. The molecular formula is C14H9BrCl2F2. The van der Waals surface area contributed by atoms with Crippen LogP contribution in [0.1, 0.15) is 21.5 Å². The van der Waals surface area contributed by atoms with Gasteiger partial charge >= 0.3 is 0 Å². The van der Waals surface area contributed by atoms with E-state index in [0.717, 1.165) is 6.07 Å². The molecule has 0 aliphatic rings. The van der Waals surface area contributed by atoms with Crippen LogP contribution in [0, 0.1) is 18.6 Å². The molecule has 1 unspecified atom stereocenters. The van der Waals surface area contributed by atoms with Gasteiger partial charge < -0.3 is 0 Å². The second-order valence-electron chi connectivity index (χ2n) is 4.13. The number of alkyl halides is 1. The van der Waals surface area contributed by atoms with Crippen molar-refractivity contribution in [2.75, 3.05) is 0 Å². The van der Waals surface area contributed by atoms with E-state index in [9.17, 15) is 8.78 Å². The first-order valence-electron chi connectivity index (χ1n) is 5.45. The van der Waals surface area contributed by atoms with E-state index in [1.54, 1.807) is 18.2 Å². The summed E-state index contributed by atoms with van der Waals surface area (Å²) in [7, 11) is 0. The lowest BCUT2D eigenvalue weighted by molar-refractivity contribution is 0.581. The summed E-state index contributed by atoms with van der Waals surface area (Å²) in [6, 6.07) is 7.39. The maximum Gasteiger partial charge on any atom is 0.128 e. The van der Waals surface area contributed by atoms with Gasteiger partial charge in [0.1, 0.15) is 11.6 Å². The Morgan fingerprint density at radius 3 is 2.42 bits per heavy atom. The highest BCUT2D eigenvalue weighted by Crippen LogP contribution is 2.39. The Bertz CT molecular complexity index is 629. The number of hydrogen-bond acceptors (Lipinski definition) is 0. The standard InChI is InChI=1S/C14H9BrCl2F2/c1-7-5-12(19)9(6-11(7)18)13(15)8-3-2-4-10(16)14(8)17/h2-6,13H,1H3. The summed E-state index contributed by atoms with van der Waals surface area (Å²) in [5, 5.41) is 0.697. The summed E-state index contributed by atoms with van der Waals surface area (Å²) in [5.41, 5.74) is 1.04. The predicted molar refractivity (Wildman–Crippen MR) is 78.3 cm³/mol. The van der Waals surface area contributed by atoms with Gasteiger partial charge in [-0.25, -0.2) is 8.78 Å². The average Bonchev–Trinajstić information content (AvgIpc) is 2.36. The summed E-state index contributed by atoms with van der Waals surface area (Å²) >= 11 is 15.3. The first-order valence-corrected chi connectivity index (χ1v) is 7.12. The number of rotatable bonds is 2. The van der Waals surface area contributed by atoms with E-state index in [2.05, 4.69) is 15.9 Å². The molecule has 2 aromatic rings. The maximum atomic E-state index is 13.9. The number of halogens is 5. The monoisotopic (exact) mass is 364 g/mol. The van der Waals surface area contributed by atoms with Gasteiger partial charge in [0.15, 0.2) is 0 Å². The zero-order valence-corrected chi connectivity index (χ0v) is 13.0. The van der Waals surface area contributed by atoms with Crippen LogP contribution in [0.3, 0.4) is 0 Å². The summed E-state index contributed by atoms with van der Waals surface area (Å²) in [4.78, 5) is -0.561. The second-order valence-corrected chi connectivity index (χ2v) is 5.83. The van der Waals surface area contributed by atoms with Gasteiger partial charge in [0.05, 0.1) is 14.9 Å². The first-order chi connectivity index (χ1) is 8.91. The van der Waals surface area contributed by atoms with E-state index < -0.39 is 16.5 Å². The van der Waals surface area contributed by atoms with Crippen LogP contribution >= 0.6 is 39.1 Å². The fraction of sp³-hybridized carbons (Fsp3) is 0.143. The molecule has 100 valence electrons. The van der Waals surface area contributed by atoms with Crippen molar-refractivity contribution in [3.8, 4) is 0 Å². The predicted octanol–water partition coefficient (Wildman–Crippen LogP) is 6.06. The average molecular weight is 366 g/mol. The Morgan fingerprint density at radius 2 is 1.74 bits per heavy atom. The molecule has 0 spiro atoms. The van der Waals surface area contributed by atoms with Gasteiger partial charge in [-0.2, -0.15) is 0 Å². The minimum atomic E-state index is -0.561. The van der Waals surface area contributed by atoms with Crippen molar-refractivity contribution in [1.82, 2.24) is 0 Å². The smallest absolute Gasteiger partial charge is 0.128 e.